The molecule has 3 heterocycles. The fourth-order valence-electron chi connectivity index (χ4n) is 2.27. The zero-order chi connectivity index (χ0) is 15.2. The lowest BCUT2D eigenvalue weighted by atomic mass is 10.1. The fraction of sp³-hybridized carbons (Fsp3) is 0.545. The molecule has 0 amide bonds. The number of aliphatic hydroxyl groups excluding tert-OH is 3. The zero-order valence-electron chi connectivity index (χ0n) is 10.9. The first-order valence-corrected chi connectivity index (χ1v) is 7.29. The van der Waals surface area contributed by atoms with Crippen LogP contribution >= 0.6 is 11.8 Å². The smallest absolute Gasteiger partial charge is 0.263 e. The highest BCUT2D eigenvalue weighted by atomic mass is 32.2. The van der Waals surface area contributed by atoms with E-state index in [-0.39, 0.29) is 0 Å². The first-order chi connectivity index (χ1) is 10.0. The minimum Gasteiger partial charge on any atom is -0.390 e. The molecule has 2 aromatic rings. The van der Waals surface area contributed by atoms with E-state index in [0.717, 1.165) is 0 Å². The normalized spacial score (nSPS) is 32.9. The minimum atomic E-state index is -2.73. The number of hydrogen-bond donors (Lipinski definition) is 3. The van der Waals surface area contributed by atoms with Crippen LogP contribution in [0, 0.1) is 0 Å². The van der Waals surface area contributed by atoms with Crippen LogP contribution in [0.25, 0.3) is 11.2 Å². The van der Waals surface area contributed by atoms with Crippen LogP contribution in [0.3, 0.4) is 0 Å². The van der Waals surface area contributed by atoms with Gasteiger partial charge in [-0.05, 0) is 6.26 Å². The van der Waals surface area contributed by atoms with E-state index in [1.54, 1.807) is 0 Å². The molecule has 0 aliphatic carbocycles. The standard InChI is InChI=1S/C11H13FN4O4S/c1-21-9-5-8(13-3-14-9)16(4-15-5)10-6(18)7(19)11(12,2-17)20-10/h3-4,6-7,10,17-19H,2H2,1H3/t6-,7+,10-,11-/m1/s1. The second kappa shape index (κ2) is 5.14. The predicted octanol–water partition coefficient (Wildman–Crippen LogP) is -0.543. The Hall–Kier alpha value is -1.33. The number of fused-ring (bicyclic) bond motifs is 1. The van der Waals surface area contributed by atoms with Crippen LogP contribution in [0.4, 0.5) is 4.39 Å². The maximum atomic E-state index is 14.1. The van der Waals surface area contributed by atoms with E-state index in [9.17, 15) is 14.6 Å². The molecule has 1 fully saturated rings. The number of thioether (sulfide) groups is 1. The molecule has 21 heavy (non-hydrogen) atoms. The van der Waals surface area contributed by atoms with E-state index in [1.165, 1.54) is 29.0 Å². The Morgan fingerprint density at radius 3 is 2.81 bits per heavy atom. The van der Waals surface area contributed by atoms with Crippen LogP contribution in [0.1, 0.15) is 6.23 Å². The molecule has 0 bridgehead atoms. The number of rotatable bonds is 3. The third-order valence-corrected chi connectivity index (χ3v) is 4.07. The Bertz CT molecular complexity index is 671. The summed E-state index contributed by atoms with van der Waals surface area (Å²) < 4.78 is 20.4. The van der Waals surface area contributed by atoms with Gasteiger partial charge in [-0.1, -0.05) is 0 Å². The van der Waals surface area contributed by atoms with Gasteiger partial charge in [0.25, 0.3) is 5.85 Å². The van der Waals surface area contributed by atoms with Crippen molar-refractivity contribution in [1.82, 2.24) is 19.5 Å². The van der Waals surface area contributed by atoms with E-state index in [0.29, 0.717) is 16.2 Å². The van der Waals surface area contributed by atoms with E-state index in [2.05, 4.69) is 15.0 Å². The summed E-state index contributed by atoms with van der Waals surface area (Å²) in [6.07, 6.45) is -0.211. The topological polar surface area (TPSA) is 114 Å². The molecule has 0 saturated carbocycles. The third-order valence-electron chi connectivity index (χ3n) is 3.38. The van der Waals surface area contributed by atoms with E-state index in [4.69, 9.17) is 9.84 Å². The summed E-state index contributed by atoms with van der Waals surface area (Å²) in [5.74, 6) is -2.73. The molecule has 3 N–H and O–H groups in total. The lowest BCUT2D eigenvalue weighted by Gasteiger charge is -2.19. The average molecular weight is 316 g/mol. The molecule has 1 saturated heterocycles. The maximum Gasteiger partial charge on any atom is 0.263 e. The summed E-state index contributed by atoms with van der Waals surface area (Å²) >= 11 is 1.37. The quantitative estimate of drug-likeness (QED) is 0.511. The van der Waals surface area contributed by atoms with Gasteiger partial charge in [0.15, 0.2) is 11.9 Å². The highest BCUT2D eigenvalue weighted by Gasteiger charge is 2.56. The number of aromatic nitrogens is 4. The minimum absolute atomic E-state index is 0.341. The Labute approximate surface area is 122 Å². The van der Waals surface area contributed by atoms with Crippen molar-refractivity contribution in [2.24, 2.45) is 0 Å². The lowest BCUT2D eigenvalue weighted by Crippen LogP contribution is -2.42. The van der Waals surface area contributed by atoms with Gasteiger partial charge in [-0.3, -0.25) is 4.57 Å². The third kappa shape index (κ3) is 2.10. The molecule has 4 atom stereocenters. The lowest BCUT2D eigenvalue weighted by molar-refractivity contribution is -0.206. The van der Waals surface area contributed by atoms with Gasteiger partial charge < -0.3 is 20.1 Å². The molecule has 1 aliphatic heterocycles. The number of alkyl halides is 1. The summed E-state index contributed by atoms with van der Waals surface area (Å²) in [5, 5.41) is 29.3. The highest BCUT2D eigenvalue weighted by molar-refractivity contribution is 7.98. The van der Waals surface area contributed by atoms with E-state index in [1.807, 2.05) is 6.26 Å². The maximum absolute atomic E-state index is 14.1. The molecule has 114 valence electrons. The number of halogens is 1. The van der Waals surface area contributed by atoms with Crippen molar-refractivity contribution < 1.29 is 24.4 Å². The number of hydrogen-bond acceptors (Lipinski definition) is 8. The molecule has 1 aliphatic rings. The van der Waals surface area contributed by atoms with Crippen molar-refractivity contribution in [3.63, 3.8) is 0 Å². The van der Waals surface area contributed by atoms with Crippen molar-refractivity contribution >= 4 is 22.9 Å². The largest absolute Gasteiger partial charge is 0.390 e. The molecule has 0 aromatic carbocycles. The van der Waals surface area contributed by atoms with E-state index < -0.39 is 30.9 Å². The molecule has 10 heteroatoms. The van der Waals surface area contributed by atoms with Crippen LogP contribution < -0.4 is 0 Å². The number of ether oxygens (including phenoxy) is 1. The van der Waals surface area contributed by atoms with Crippen molar-refractivity contribution in [2.75, 3.05) is 12.9 Å². The molecule has 2 aromatic heterocycles. The number of nitrogens with zero attached hydrogens (tertiary/aromatic N) is 4. The van der Waals surface area contributed by atoms with Crippen LogP contribution in [0.2, 0.25) is 0 Å². The van der Waals surface area contributed by atoms with Gasteiger partial charge in [-0.15, -0.1) is 11.8 Å². The first kappa shape index (κ1) is 14.6. The van der Waals surface area contributed by atoms with Crippen molar-refractivity contribution in [2.45, 2.75) is 29.3 Å². The molecule has 0 unspecified atom stereocenters. The van der Waals surface area contributed by atoms with E-state index >= 15 is 0 Å². The van der Waals surface area contributed by atoms with Gasteiger partial charge in [-0.25, -0.2) is 19.3 Å². The monoisotopic (exact) mass is 316 g/mol. The summed E-state index contributed by atoms with van der Waals surface area (Å²) in [7, 11) is 0. The predicted molar refractivity (Wildman–Crippen MR) is 70.2 cm³/mol. The van der Waals surface area contributed by atoms with Gasteiger partial charge >= 0.3 is 0 Å². The number of imidazole rings is 1. The van der Waals surface area contributed by atoms with Gasteiger partial charge in [0.2, 0.25) is 0 Å². The fourth-order valence-corrected chi connectivity index (χ4v) is 2.76. The Kier molecular flexibility index (Phi) is 3.58. The number of aliphatic hydroxyl groups is 3. The van der Waals surface area contributed by atoms with Crippen LogP contribution in [0.5, 0.6) is 0 Å². The molecule has 8 nitrogen and oxygen atoms in total. The van der Waals surface area contributed by atoms with Gasteiger partial charge in [0.05, 0.1) is 6.33 Å². The molecule has 0 spiro atoms. The van der Waals surface area contributed by atoms with Gasteiger partial charge in [-0.2, -0.15) is 0 Å². The zero-order valence-corrected chi connectivity index (χ0v) is 11.7. The molecular weight excluding hydrogens is 303 g/mol. The van der Waals surface area contributed by atoms with Crippen LogP contribution in [-0.2, 0) is 4.74 Å². The van der Waals surface area contributed by atoms with Crippen molar-refractivity contribution in [3.05, 3.63) is 12.7 Å². The summed E-state index contributed by atoms with van der Waals surface area (Å²) in [5.41, 5.74) is 0.823. The first-order valence-electron chi connectivity index (χ1n) is 6.07. The van der Waals surface area contributed by atoms with Crippen molar-refractivity contribution in [1.29, 1.82) is 0 Å². The molecule has 3 rings (SSSR count). The second-order valence-corrected chi connectivity index (χ2v) is 5.39. The van der Waals surface area contributed by atoms with Gasteiger partial charge in [0.1, 0.15) is 35.7 Å². The summed E-state index contributed by atoms with van der Waals surface area (Å²) in [6, 6.07) is 0. The Balaban J connectivity index is 2.06. The average Bonchev–Trinajstić information content (AvgIpc) is 3.02. The van der Waals surface area contributed by atoms with Crippen LogP contribution in [0.15, 0.2) is 17.7 Å². The Morgan fingerprint density at radius 2 is 2.19 bits per heavy atom. The molecular formula is C11H13FN4O4S. The van der Waals surface area contributed by atoms with Gasteiger partial charge in [0, 0.05) is 0 Å². The summed E-state index contributed by atoms with van der Waals surface area (Å²) in [4.78, 5) is 12.2. The Morgan fingerprint density at radius 1 is 1.43 bits per heavy atom. The summed E-state index contributed by atoms with van der Waals surface area (Å²) in [6.45, 7) is -1.07. The van der Waals surface area contributed by atoms with Crippen molar-refractivity contribution in [3.8, 4) is 0 Å². The molecule has 0 radical (unpaired) electrons. The second-order valence-electron chi connectivity index (χ2n) is 4.60. The SMILES string of the molecule is CSc1ncnc2c1ncn2[C@@H]1O[C@](F)(CO)[C@@H](O)[C@H]1O. The highest BCUT2D eigenvalue weighted by Crippen LogP contribution is 2.39. The van der Waals surface area contributed by atoms with Crippen LogP contribution in [-0.4, -0.2) is 65.8 Å².